The molecule has 0 fully saturated rings. The highest BCUT2D eigenvalue weighted by Crippen LogP contribution is 2.19. The van der Waals surface area contributed by atoms with Crippen LogP contribution in [-0.2, 0) is 4.79 Å². The van der Waals surface area contributed by atoms with Crippen molar-refractivity contribution in [3.05, 3.63) is 76.3 Å². The van der Waals surface area contributed by atoms with Crippen molar-refractivity contribution >= 4 is 11.6 Å². The standard InChI is InChI=1S/C19H15FN4O2/c20-14-5-7-15(8-6-14)24-19(26)11-17(23-24)13-3-1-12(2-4-13)16-9-10-18(25)22-21-16/h1-8,11,23H,9-10H2,(H,22,25). The van der Waals surface area contributed by atoms with Gasteiger partial charge >= 0.3 is 0 Å². The van der Waals surface area contributed by atoms with Crippen LogP contribution in [-0.4, -0.2) is 21.4 Å². The minimum atomic E-state index is -0.356. The number of benzene rings is 2. The van der Waals surface area contributed by atoms with Gasteiger partial charge in [-0.25, -0.2) is 14.5 Å². The molecular formula is C19H15FN4O2. The molecule has 0 radical (unpaired) electrons. The molecular weight excluding hydrogens is 335 g/mol. The number of amides is 1. The first kappa shape index (κ1) is 16.0. The van der Waals surface area contributed by atoms with Crippen LogP contribution in [0.4, 0.5) is 4.39 Å². The average molecular weight is 350 g/mol. The smallest absolute Gasteiger partial charge is 0.271 e. The summed E-state index contributed by atoms with van der Waals surface area (Å²) in [5.41, 5.74) is 6.07. The fraction of sp³-hybridized carbons (Fsp3) is 0.105. The van der Waals surface area contributed by atoms with E-state index >= 15 is 0 Å². The summed E-state index contributed by atoms with van der Waals surface area (Å²) >= 11 is 0. The highest BCUT2D eigenvalue weighted by Gasteiger charge is 2.13. The van der Waals surface area contributed by atoms with Gasteiger partial charge in [0.15, 0.2) is 0 Å². The zero-order valence-electron chi connectivity index (χ0n) is 13.7. The molecule has 2 aromatic carbocycles. The highest BCUT2D eigenvalue weighted by molar-refractivity contribution is 6.04. The number of hydrazone groups is 1. The van der Waals surface area contributed by atoms with Crippen molar-refractivity contribution in [3.8, 4) is 16.9 Å². The van der Waals surface area contributed by atoms with Gasteiger partial charge in [-0.2, -0.15) is 5.10 Å². The number of carbonyl (C=O) groups excluding carboxylic acids is 1. The normalized spacial score (nSPS) is 14.0. The van der Waals surface area contributed by atoms with E-state index in [2.05, 4.69) is 15.6 Å². The van der Waals surface area contributed by atoms with E-state index in [1.165, 1.54) is 35.0 Å². The van der Waals surface area contributed by atoms with E-state index in [9.17, 15) is 14.0 Å². The number of hydrogen-bond donors (Lipinski definition) is 2. The SMILES string of the molecule is O=C1CCC(c2ccc(-c3cc(=O)n(-c4ccc(F)cc4)[nH]3)cc2)=NN1. The number of nitrogens with one attached hydrogen (secondary N) is 2. The van der Waals surface area contributed by atoms with Gasteiger partial charge in [0.25, 0.3) is 5.56 Å². The summed E-state index contributed by atoms with van der Waals surface area (Å²) in [4.78, 5) is 23.4. The maximum absolute atomic E-state index is 13.1. The zero-order chi connectivity index (χ0) is 18.1. The number of halogens is 1. The molecule has 0 atom stereocenters. The van der Waals surface area contributed by atoms with Crippen LogP contribution in [0.5, 0.6) is 0 Å². The number of H-pyrrole nitrogens is 1. The van der Waals surface area contributed by atoms with Crippen molar-refractivity contribution in [2.75, 3.05) is 0 Å². The summed E-state index contributed by atoms with van der Waals surface area (Å²) in [5.74, 6) is -0.434. The lowest BCUT2D eigenvalue weighted by Crippen LogP contribution is -2.25. The molecule has 1 aliphatic rings. The third-order valence-corrected chi connectivity index (χ3v) is 4.24. The molecule has 6 nitrogen and oxygen atoms in total. The van der Waals surface area contributed by atoms with Crippen molar-refractivity contribution in [2.24, 2.45) is 5.10 Å². The summed E-state index contributed by atoms with van der Waals surface area (Å²) in [7, 11) is 0. The molecule has 0 unspecified atom stereocenters. The molecule has 0 saturated heterocycles. The molecule has 130 valence electrons. The number of aromatic amines is 1. The number of rotatable bonds is 3. The van der Waals surface area contributed by atoms with Gasteiger partial charge in [-0.15, -0.1) is 0 Å². The van der Waals surface area contributed by atoms with E-state index in [1.807, 2.05) is 24.3 Å². The lowest BCUT2D eigenvalue weighted by molar-refractivity contribution is -0.121. The van der Waals surface area contributed by atoms with Gasteiger partial charge in [0.1, 0.15) is 5.82 Å². The zero-order valence-corrected chi connectivity index (χ0v) is 13.7. The van der Waals surface area contributed by atoms with Crippen LogP contribution < -0.4 is 11.0 Å². The topological polar surface area (TPSA) is 79.2 Å². The Morgan fingerprint density at radius 1 is 0.923 bits per heavy atom. The molecule has 0 spiro atoms. The summed E-state index contributed by atoms with van der Waals surface area (Å²) in [6.45, 7) is 0. The molecule has 1 aliphatic heterocycles. The Kier molecular flexibility index (Phi) is 3.96. The van der Waals surface area contributed by atoms with E-state index < -0.39 is 0 Å². The van der Waals surface area contributed by atoms with Crippen molar-refractivity contribution in [1.82, 2.24) is 15.2 Å². The van der Waals surface area contributed by atoms with Crippen LogP contribution in [0.25, 0.3) is 16.9 Å². The first-order chi connectivity index (χ1) is 12.6. The molecule has 7 heteroatoms. The van der Waals surface area contributed by atoms with Crippen LogP contribution in [0.1, 0.15) is 18.4 Å². The Morgan fingerprint density at radius 3 is 2.27 bits per heavy atom. The molecule has 4 rings (SSSR count). The molecule has 1 amide bonds. The van der Waals surface area contributed by atoms with Gasteiger partial charge < -0.3 is 0 Å². The van der Waals surface area contributed by atoms with Crippen LogP contribution in [0.3, 0.4) is 0 Å². The van der Waals surface area contributed by atoms with E-state index in [0.29, 0.717) is 24.2 Å². The molecule has 0 aliphatic carbocycles. The minimum Gasteiger partial charge on any atom is -0.290 e. The second kappa shape index (κ2) is 6.44. The number of aromatic nitrogens is 2. The number of hydrogen-bond acceptors (Lipinski definition) is 3. The van der Waals surface area contributed by atoms with Gasteiger partial charge in [0, 0.05) is 18.9 Å². The Bertz CT molecular complexity index is 1050. The fourth-order valence-electron chi connectivity index (χ4n) is 2.85. The first-order valence-electron chi connectivity index (χ1n) is 8.14. The fourth-order valence-corrected chi connectivity index (χ4v) is 2.85. The summed E-state index contributed by atoms with van der Waals surface area (Å²) in [6, 6.07) is 14.8. The van der Waals surface area contributed by atoms with Gasteiger partial charge in [-0.1, -0.05) is 24.3 Å². The summed E-state index contributed by atoms with van der Waals surface area (Å²) in [6.07, 6.45) is 1.03. The third-order valence-electron chi connectivity index (χ3n) is 4.24. The highest BCUT2D eigenvalue weighted by atomic mass is 19.1. The monoisotopic (exact) mass is 350 g/mol. The predicted molar refractivity (Wildman–Crippen MR) is 95.7 cm³/mol. The first-order valence-corrected chi connectivity index (χ1v) is 8.14. The average Bonchev–Trinajstić information content (AvgIpc) is 3.05. The Morgan fingerprint density at radius 2 is 1.62 bits per heavy atom. The summed E-state index contributed by atoms with van der Waals surface area (Å²) < 4.78 is 14.4. The Labute approximate surface area is 148 Å². The van der Waals surface area contributed by atoms with Crippen molar-refractivity contribution in [1.29, 1.82) is 0 Å². The van der Waals surface area contributed by atoms with Gasteiger partial charge in [0.05, 0.1) is 17.1 Å². The van der Waals surface area contributed by atoms with Crippen molar-refractivity contribution in [2.45, 2.75) is 12.8 Å². The van der Waals surface area contributed by atoms with Crippen LogP contribution in [0, 0.1) is 5.82 Å². The summed E-state index contributed by atoms with van der Waals surface area (Å²) in [5, 5.41) is 7.11. The third kappa shape index (κ3) is 3.06. The Balaban J connectivity index is 1.62. The second-order valence-electron chi connectivity index (χ2n) is 5.99. The number of carbonyl (C=O) groups is 1. The van der Waals surface area contributed by atoms with Crippen LogP contribution in [0.15, 0.2) is 64.5 Å². The molecule has 26 heavy (non-hydrogen) atoms. The Hall–Kier alpha value is -3.48. The molecule has 3 aromatic rings. The molecule has 2 heterocycles. The molecule has 2 N–H and O–H groups in total. The van der Waals surface area contributed by atoms with E-state index in [-0.39, 0.29) is 17.3 Å². The second-order valence-corrected chi connectivity index (χ2v) is 5.99. The van der Waals surface area contributed by atoms with Crippen LogP contribution in [0.2, 0.25) is 0 Å². The maximum Gasteiger partial charge on any atom is 0.271 e. The molecule has 0 saturated carbocycles. The predicted octanol–water partition coefficient (Wildman–Crippen LogP) is 2.59. The van der Waals surface area contributed by atoms with E-state index in [4.69, 9.17) is 0 Å². The van der Waals surface area contributed by atoms with E-state index in [0.717, 1.165) is 16.8 Å². The maximum atomic E-state index is 13.1. The van der Waals surface area contributed by atoms with E-state index in [1.54, 1.807) is 0 Å². The lowest BCUT2D eigenvalue weighted by atomic mass is 10.0. The number of nitrogens with zero attached hydrogens (tertiary/aromatic N) is 2. The minimum absolute atomic E-state index is 0.0786. The molecule has 0 bridgehead atoms. The largest absolute Gasteiger partial charge is 0.290 e. The van der Waals surface area contributed by atoms with Crippen molar-refractivity contribution < 1.29 is 9.18 Å². The van der Waals surface area contributed by atoms with Crippen molar-refractivity contribution in [3.63, 3.8) is 0 Å². The van der Waals surface area contributed by atoms with Gasteiger partial charge in [-0.05, 0) is 35.4 Å². The lowest BCUT2D eigenvalue weighted by Gasteiger charge is -2.12. The van der Waals surface area contributed by atoms with Crippen LogP contribution >= 0.6 is 0 Å². The van der Waals surface area contributed by atoms with Gasteiger partial charge in [-0.3, -0.25) is 14.7 Å². The quantitative estimate of drug-likeness (QED) is 0.761. The molecule has 1 aromatic heterocycles. The van der Waals surface area contributed by atoms with Gasteiger partial charge in [0.2, 0.25) is 5.91 Å².